The molecule has 32 heavy (non-hydrogen) atoms. The smallest absolute Gasteiger partial charge is 0.306 e. The van der Waals surface area contributed by atoms with E-state index in [2.05, 4.69) is 20.7 Å². The summed E-state index contributed by atoms with van der Waals surface area (Å²) in [7, 11) is 0. The molecule has 4 rings (SSSR count). The van der Waals surface area contributed by atoms with Gasteiger partial charge >= 0.3 is 6.18 Å². The number of hydrogen-bond donors (Lipinski definition) is 1. The molecule has 8 nitrogen and oxygen atoms in total. The van der Waals surface area contributed by atoms with Crippen molar-refractivity contribution in [2.45, 2.75) is 26.2 Å². The van der Waals surface area contributed by atoms with E-state index < -0.39 is 17.6 Å². The van der Waals surface area contributed by atoms with Gasteiger partial charge < -0.3 is 5.32 Å². The molecule has 2 heterocycles. The third-order valence-electron chi connectivity index (χ3n) is 4.91. The summed E-state index contributed by atoms with van der Waals surface area (Å²) >= 11 is 0. The fourth-order valence-corrected chi connectivity index (χ4v) is 3.15. The Morgan fingerprint density at radius 1 is 1.06 bits per heavy atom. The Bertz CT molecular complexity index is 1340. The highest BCUT2D eigenvalue weighted by Crippen LogP contribution is 2.29. The van der Waals surface area contributed by atoms with E-state index in [0.29, 0.717) is 22.0 Å². The summed E-state index contributed by atoms with van der Waals surface area (Å²) in [4.78, 5) is 24.9. The molecule has 164 valence electrons. The lowest BCUT2D eigenvalue weighted by molar-refractivity contribution is -0.137. The van der Waals surface area contributed by atoms with Crippen molar-refractivity contribution in [3.05, 3.63) is 81.9 Å². The molecule has 0 aliphatic heterocycles. The standard InChI is InChI=1S/C21H17F3N6O2/c1-13-19(27-28-29(13)11-14-6-8-16(9-7-14)21(22,23)24)26-18(31)12-30-20(32)17-5-3-2-4-15(17)10-25-30/h2-10H,11-12H2,1H3,(H,26,31). The number of aromatic nitrogens is 5. The van der Waals surface area contributed by atoms with Crippen LogP contribution in [0.15, 0.2) is 59.5 Å². The number of rotatable bonds is 5. The van der Waals surface area contributed by atoms with Crippen LogP contribution in [0.2, 0.25) is 0 Å². The van der Waals surface area contributed by atoms with Crippen LogP contribution in [0.4, 0.5) is 19.0 Å². The molecule has 11 heteroatoms. The Morgan fingerprint density at radius 3 is 2.50 bits per heavy atom. The zero-order valence-corrected chi connectivity index (χ0v) is 16.8. The molecular formula is C21H17F3N6O2. The summed E-state index contributed by atoms with van der Waals surface area (Å²) < 4.78 is 40.6. The number of alkyl halides is 3. The van der Waals surface area contributed by atoms with Gasteiger partial charge in [0.25, 0.3) is 5.56 Å². The number of benzene rings is 2. The van der Waals surface area contributed by atoms with Gasteiger partial charge in [0.2, 0.25) is 5.91 Å². The molecule has 2 aromatic carbocycles. The monoisotopic (exact) mass is 442 g/mol. The minimum atomic E-state index is -4.40. The predicted octanol–water partition coefficient (Wildman–Crippen LogP) is 3.00. The lowest BCUT2D eigenvalue weighted by atomic mass is 10.1. The van der Waals surface area contributed by atoms with Crippen LogP contribution < -0.4 is 10.9 Å². The van der Waals surface area contributed by atoms with Gasteiger partial charge in [-0.1, -0.05) is 35.5 Å². The fourth-order valence-electron chi connectivity index (χ4n) is 3.15. The van der Waals surface area contributed by atoms with Gasteiger partial charge in [0.05, 0.1) is 29.4 Å². The van der Waals surface area contributed by atoms with E-state index in [9.17, 15) is 22.8 Å². The lowest BCUT2D eigenvalue weighted by Crippen LogP contribution is -2.29. The van der Waals surface area contributed by atoms with Crippen LogP contribution in [0.25, 0.3) is 10.8 Å². The number of hydrogen-bond acceptors (Lipinski definition) is 5. The highest BCUT2D eigenvalue weighted by molar-refractivity contribution is 5.90. The number of halogens is 3. The molecule has 0 aliphatic rings. The van der Waals surface area contributed by atoms with Crippen molar-refractivity contribution in [1.29, 1.82) is 0 Å². The Kier molecular flexibility index (Phi) is 5.47. The predicted molar refractivity (Wildman–Crippen MR) is 110 cm³/mol. The Morgan fingerprint density at radius 2 is 1.78 bits per heavy atom. The first kappa shape index (κ1) is 21.2. The summed E-state index contributed by atoms with van der Waals surface area (Å²) in [5, 5.41) is 15.6. The second-order valence-corrected chi connectivity index (χ2v) is 7.12. The van der Waals surface area contributed by atoms with Gasteiger partial charge in [-0.15, -0.1) is 5.10 Å². The maximum Gasteiger partial charge on any atom is 0.416 e. The highest BCUT2D eigenvalue weighted by Gasteiger charge is 2.30. The van der Waals surface area contributed by atoms with Crippen LogP contribution >= 0.6 is 0 Å². The number of carbonyl (C=O) groups excluding carboxylic acids is 1. The molecule has 1 N–H and O–H groups in total. The molecule has 0 saturated heterocycles. The van der Waals surface area contributed by atoms with Crippen LogP contribution in [-0.2, 0) is 24.1 Å². The van der Waals surface area contributed by atoms with Crippen molar-refractivity contribution in [3.63, 3.8) is 0 Å². The average molecular weight is 442 g/mol. The average Bonchev–Trinajstić information content (AvgIpc) is 3.09. The molecule has 0 atom stereocenters. The zero-order chi connectivity index (χ0) is 22.9. The van der Waals surface area contributed by atoms with E-state index in [1.165, 1.54) is 23.0 Å². The van der Waals surface area contributed by atoms with Gasteiger partial charge in [0, 0.05) is 5.39 Å². The van der Waals surface area contributed by atoms with Crippen molar-refractivity contribution in [1.82, 2.24) is 24.8 Å². The second-order valence-electron chi connectivity index (χ2n) is 7.12. The Hall–Kier alpha value is -4.02. The maximum atomic E-state index is 12.7. The largest absolute Gasteiger partial charge is 0.416 e. The summed E-state index contributed by atoms with van der Waals surface area (Å²) in [5.41, 5.74) is -0.0177. The zero-order valence-electron chi connectivity index (χ0n) is 16.8. The topological polar surface area (TPSA) is 94.7 Å². The first-order chi connectivity index (χ1) is 15.2. The molecule has 0 radical (unpaired) electrons. The third kappa shape index (κ3) is 4.36. The van der Waals surface area contributed by atoms with Crippen molar-refractivity contribution in [2.24, 2.45) is 0 Å². The van der Waals surface area contributed by atoms with Crippen molar-refractivity contribution < 1.29 is 18.0 Å². The number of nitrogens with zero attached hydrogens (tertiary/aromatic N) is 5. The fraction of sp³-hybridized carbons (Fsp3) is 0.190. The van der Waals surface area contributed by atoms with E-state index in [1.807, 2.05) is 0 Å². The van der Waals surface area contributed by atoms with Crippen LogP contribution in [-0.4, -0.2) is 30.7 Å². The third-order valence-corrected chi connectivity index (χ3v) is 4.91. The van der Waals surface area contributed by atoms with Gasteiger partial charge in [0.15, 0.2) is 5.82 Å². The molecule has 4 aromatic rings. The van der Waals surface area contributed by atoms with Crippen molar-refractivity contribution in [3.8, 4) is 0 Å². The lowest BCUT2D eigenvalue weighted by Gasteiger charge is -2.09. The SMILES string of the molecule is Cc1c(NC(=O)Cn2ncc3ccccc3c2=O)nnn1Cc1ccc(C(F)(F)F)cc1. The molecule has 0 spiro atoms. The molecule has 0 unspecified atom stereocenters. The molecular weight excluding hydrogens is 425 g/mol. The maximum absolute atomic E-state index is 12.7. The molecule has 0 fully saturated rings. The Labute approximate surface area is 179 Å². The molecule has 1 amide bonds. The minimum Gasteiger partial charge on any atom is -0.306 e. The van der Waals surface area contributed by atoms with Crippen LogP contribution in [0.1, 0.15) is 16.8 Å². The summed E-state index contributed by atoms with van der Waals surface area (Å²) in [6, 6.07) is 11.7. The van der Waals surface area contributed by atoms with Gasteiger partial charge in [-0.05, 0) is 30.7 Å². The normalized spacial score (nSPS) is 11.6. The minimum absolute atomic E-state index is 0.179. The van der Waals surface area contributed by atoms with Crippen molar-refractivity contribution >= 4 is 22.5 Å². The highest BCUT2D eigenvalue weighted by atomic mass is 19.4. The van der Waals surface area contributed by atoms with Gasteiger partial charge in [-0.2, -0.15) is 18.3 Å². The van der Waals surface area contributed by atoms with Gasteiger partial charge in [0.1, 0.15) is 6.54 Å². The van der Waals surface area contributed by atoms with Crippen molar-refractivity contribution in [2.75, 3.05) is 5.32 Å². The summed E-state index contributed by atoms with van der Waals surface area (Å²) in [6.45, 7) is 1.54. The second kappa shape index (κ2) is 8.25. The Balaban J connectivity index is 1.45. The first-order valence-corrected chi connectivity index (χ1v) is 9.53. The van der Waals surface area contributed by atoms with E-state index >= 15 is 0 Å². The molecule has 0 aliphatic carbocycles. The van der Waals surface area contributed by atoms with Gasteiger partial charge in [-0.25, -0.2) is 9.36 Å². The number of fused-ring (bicyclic) bond motifs is 1. The van der Waals surface area contributed by atoms with E-state index in [0.717, 1.165) is 16.8 Å². The van der Waals surface area contributed by atoms with Crippen LogP contribution in [0, 0.1) is 6.92 Å². The molecule has 0 saturated carbocycles. The van der Waals surface area contributed by atoms with E-state index in [1.54, 1.807) is 31.2 Å². The first-order valence-electron chi connectivity index (χ1n) is 9.53. The quantitative estimate of drug-likeness (QED) is 0.513. The number of nitrogens with one attached hydrogen (secondary N) is 1. The molecule has 0 bridgehead atoms. The number of carbonyl (C=O) groups is 1. The van der Waals surface area contributed by atoms with Crippen LogP contribution in [0.5, 0.6) is 0 Å². The van der Waals surface area contributed by atoms with Crippen LogP contribution in [0.3, 0.4) is 0 Å². The summed E-state index contributed by atoms with van der Waals surface area (Å²) in [5.74, 6) is -0.324. The number of anilines is 1. The van der Waals surface area contributed by atoms with Gasteiger partial charge in [-0.3, -0.25) is 9.59 Å². The summed E-state index contributed by atoms with van der Waals surface area (Å²) in [6.07, 6.45) is -2.89. The van der Waals surface area contributed by atoms with E-state index in [4.69, 9.17) is 0 Å². The van der Waals surface area contributed by atoms with E-state index in [-0.39, 0.29) is 24.5 Å². The number of amides is 1. The molecule has 2 aromatic heterocycles.